The molecule has 0 heterocycles. The largest absolute Gasteiger partial charge is 0.490 e. The molecule has 0 bridgehead atoms. The second-order valence-electron chi connectivity index (χ2n) is 4.58. The number of hydrogen-bond acceptors (Lipinski definition) is 3. The first-order valence-electron chi connectivity index (χ1n) is 7.22. The Balaban J connectivity index is 2.29. The molecular formula is C18H20O3. The molecule has 0 aliphatic carbocycles. The number of ketones is 1. The zero-order valence-corrected chi connectivity index (χ0v) is 12.5. The monoisotopic (exact) mass is 284 g/mol. The topological polar surface area (TPSA) is 35.5 Å². The molecule has 0 saturated carbocycles. The van der Waals surface area contributed by atoms with Gasteiger partial charge in [0.25, 0.3) is 0 Å². The Morgan fingerprint density at radius 3 is 2.29 bits per heavy atom. The number of benzene rings is 2. The normalized spacial score (nSPS) is 10.2. The van der Waals surface area contributed by atoms with E-state index in [1.54, 1.807) is 6.07 Å². The van der Waals surface area contributed by atoms with Crippen LogP contribution < -0.4 is 9.47 Å². The lowest BCUT2D eigenvalue weighted by atomic mass is 10.0. The van der Waals surface area contributed by atoms with E-state index in [0.717, 1.165) is 5.56 Å². The molecule has 2 aromatic rings. The van der Waals surface area contributed by atoms with Crippen LogP contribution in [0.15, 0.2) is 48.5 Å². The molecule has 0 fully saturated rings. The van der Waals surface area contributed by atoms with Gasteiger partial charge in [-0.2, -0.15) is 0 Å². The molecule has 0 aliphatic rings. The van der Waals surface area contributed by atoms with Crippen molar-refractivity contribution in [3.05, 3.63) is 59.7 Å². The standard InChI is InChI=1S/C18H20O3/c1-3-20-17-12-8-11-15(18(17)21-4-2)16(19)13-14-9-6-5-7-10-14/h5-12H,3-4,13H2,1-2H3. The van der Waals surface area contributed by atoms with Gasteiger partial charge in [-0.1, -0.05) is 36.4 Å². The molecule has 0 aromatic heterocycles. The van der Waals surface area contributed by atoms with Crippen LogP contribution >= 0.6 is 0 Å². The Kier molecular flexibility index (Phi) is 5.38. The molecule has 0 N–H and O–H groups in total. The van der Waals surface area contributed by atoms with Crippen molar-refractivity contribution in [2.75, 3.05) is 13.2 Å². The number of rotatable bonds is 7. The van der Waals surface area contributed by atoms with Crippen LogP contribution in [-0.4, -0.2) is 19.0 Å². The highest BCUT2D eigenvalue weighted by atomic mass is 16.5. The van der Waals surface area contributed by atoms with Crippen molar-refractivity contribution in [3.8, 4) is 11.5 Å². The summed E-state index contributed by atoms with van der Waals surface area (Å²) in [4.78, 5) is 12.5. The van der Waals surface area contributed by atoms with Crippen molar-refractivity contribution in [3.63, 3.8) is 0 Å². The van der Waals surface area contributed by atoms with Crippen molar-refractivity contribution in [2.24, 2.45) is 0 Å². The minimum absolute atomic E-state index is 0.0335. The summed E-state index contributed by atoms with van der Waals surface area (Å²) in [5.74, 6) is 1.20. The molecular weight excluding hydrogens is 264 g/mol. The van der Waals surface area contributed by atoms with Crippen molar-refractivity contribution in [2.45, 2.75) is 20.3 Å². The van der Waals surface area contributed by atoms with Crippen LogP contribution in [0.2, 0.25) is 0 Å². The van der Waals surface area contributed by atoms with Crippen molar-refractivity contribution in [1.82, 2.24) is 0 Å². The summed E-state index contributed by atoms with van der Waals surface area (Å²) in [5.41, 5.74) is 1.57. The molecule has 3 heteroatoms. The minimum atomic E-state index is 0.0335. The van der Waals surface area contributed by atoms with Crippen LogP contribution in [0.3, 0.4) is 0 Å². The van der Waals surface area contributed by atoms with Gasteiger partial charge in [-0.15, -0.1) is 0 Å². The fourth-order valence-corrected chi connectivity index (χ4v) is 2.17. The zero-order chi connectivity index (χ0) is 15.1. The van der Waals surface area contributed by atoms with Crippen LogP contribution in [0.5, 0.6) is 11.5 Å². The summed E-state index contributed by atoms with van der Waals surface area (Å²) >= 11 is 0. The van der Waals surface area contributed by atoms with Crippen molar-refractivity contribution in [1.29, 1.82) is 0 Å². The van der Waals surface area contributed by atoms with Crippen LogP contribution in [0.1, 0.15) is 29.8 Å². The predicted molar refractivity (Wildman–Crippen MR) is 83.3 cm³/mol. The van der Waals surface area contributed by atoms with Gasteiger partial charge in [0.1, 0.15) is 0 Å². The molecule has 0 spiro atoms. The molecule has 0 atom stereocenters. The summed E-state index contributed by atoms with van der Waals surface area (Å²) < 4.78 is 11.2. The van der Waals surface area contributed by atoms with Crippen LogP contribution in [-0.2, 0) is 6.42 Å². The van der Waals surface area contributed by atoms with E-state index in [2.05, 4.69) is 0 Å². The minimum Gasteiger partial charge on any atom is -0.490 e. The fourth-order valence-electron chi connectivity index (χ4n) is 2.17. The predicted octanol–water partition coefficient (Wildman–Crippen LogP) is 3.91. The van der Waals surface area contributed by atoms with E-state index in [-0.39, 0.29) is 5.78 Å². The summed E-state index contributed by atoms with van der Waals surface area (Å²) in [6, 6.07) is 15.1. The Morgan fingerprint density at radius 2 is 1.62 bits per heavy atom. The first kappa shape index (κ1) is 15.1. The lowest BCUT2D eigenvalue weighted by molar-refractivity contribution is 0.0988. The number of hydrogen-bond donors (Lipinski definition) is 0. The average Bonchev–Trinajstić information content (AvgIpc) is 2.50. The van der Waals surface area contributed by atoms with Gasteiger partial charge in [0.05, 0.1) is 18.8 Å². The SMILES string of the molecule is CCOc1cccc(C(=O)Cc2ccccc2)c1OCC. The lowest BCUT2D eigenvalue weighted by Gasteiger charge is -2.14. The van der Waals surface area contributed by atoms with Gasteiger partial charge in [0, 0.05) is 6.42 Å². The first-order valence-corrected chi connectivity index (χ1v) is 7.22. The fraction of sp³-hybridized carbons (Fsp3) is 0.278. The Morgan fingerprint density at radius 1 is 0.905 bits per heavy atom. The average molecular weight is 284 g/mol. The molecule has 2 aromatic carbocycles. The maximum atomic E-state index is 12.5. The van der Waals surface area contributed by atoms with E-state index < -0.39 is 0 Å². The van der Waals surface area contributed by atoms with Crippen LogP contribution in [0, 0.1) is 0 Å². The second kappa shape index (κ2) is 7.48. The second-order valence-corrected chi connectivity index (χ2v) is 4.58. The van der Waals surface area contributed by atoms with E-state index >= 15 is 0 Å². The van der Waals surface area contributed by atoms with Gasteiger partial charge in [-0.3, -0.25) is 4.79 Å². The molecule has 2 rings (SSSR count). The van der Waals surface area contributed by atoms with Crippen molar-refractivity contribution < 1.29 is 14.3 Å². The molecule has 0 radical (unpaired) electrons. The molecule has 0 aliphatic heterocycles. The van der Waals surface area contributed by atoms with E-state index in [4.69, 9.17) is 9.47 Å². The summed E-state index contributed by atoms with van der Waals surface area (Å²) in [7, 11) is 0. The highest BCUT2D eigenvalue weighted by Crippen LogP contribution is 2.32. The molecule has 21 heavy (non-hydrogen) atoms. The smallest absolute Gasteiger partial charge is 0.171 e. The number of ether oxygens (including phenoxy) is 2. The molecule has 0 amide bonds. The number of Topliss-reactive ketones (excluding diaryl/α,β-unsaturated/α-hetero) is 1. The van der Waals surface area contributed by atoms with E-state index in [1.165, 1.54) is 0 Å². The number of para-hydroxylation sites is 1. The molecule has 3 nitrogen and oxygen atoms in total. The maximum absolute atomic E-state index is 12.5. The summed E-state index contributed by atoms with van der Waals surface area (Å²) in [6.07, 6.45) is 0.358. The van der Waals surface area contributed by atoms with E-state index in [1.807, 2.05) is 56.3 Å². The van der Waals surface area contributed by atoms with Gasteiger partial charge in [0.2, 0.25) is 0 Å². The molecule has 0 saturated heterocycles. The van der Waals surface area contributed by atoms with Crippen LogP contribution in [0.25, 0.3) is 0 Å². The number of carbonyl (C=O) groups is 1. The highest BCUT2D eigenvalue weighted by molar-refractivity contribution is 6.00. The van der Waals surface area contributed by atoms with Crippen LogP contribution in [0.4, 0.5) is 0 Å². The quantitative estimate of drug-likeness (QED) is 0.723. The van der Waals surface area contributed by atoms with Gasteiger partial charge >= 0.3 is 0 Å². The third-order valence-corrected chi connectivity index (χ3v) is 3.08. The maximum Gasteiger partial charge on any atom is 0.171 e. The lowest BCUT2D eigenvalue weighted by Crippen LogP contribution is -2.08. The molecule has 110 valence electrons. The Hall–Kier alpha value is -2.29. The van der Waals surface area contributed by atoms with Gasteiger partial charge in [-0.05, 0) is 31.5 Å². The van der Waals surface area contributed by atoms with Crippen molar-refractivity contribution >= 4 is 5.78 Å². The first-order chi connectivity index (χ1) is 10.3. The Labute approximate surface area is 125 Å². The highest BCUT2D eigenvalue weighted by Gasteiger charge is 2.17. The van der Waals surface area contributed by atoms with E-state index in [0.29, 0.717) is 36.7 Å². The zero-order valence-electron chi connectivity index (χ0n) is 12.5. The van der Waals surface area contributed by atoms with Gasteiger partial charge in [0.15, 0.2) is 17.3 Å². The number of carbonyl (C=O) groups excluding carboxylic acids is 1. The van der Waals surface area contributed by atoms with E-state index in [9.17, 15) is 4.79 Å². The third-order valence-electron chi connectivity index (χ3n) is 3.08. The third kappa shape index (κ3) is 3.85. The molecule has 0 unspecified atom stereocenters. The van der Waals surface area contributed by atoms with Gasteiger partial charge < -0.3 is 9.47 Å². The van der Waals surface area contributed by atoms with Gasteiger partial charge in [-0.25, -0.2) is 0 Å². The summed E-state index contributed by atoms with van der Waals surface area (Å²) in [6.45, 7) is 4.84. The Bertz CT molecular complexity index is 591. The summed E-state index contributed by atoms with van der Waals surface area (Å²) in [5, 5.41) is 0.